The van der Waals surface area contributed by atoms with E-state index in [2.05, 4.69) is 10.1 Å². The van der Waals surface area contributed by atoms with E-state index in [1.165, 1.54) is 5.01 Å². The Morgan fingerprint density at radius 2 is 1.96 bits per heavy atom. The molecule has 1 aromatic carbocycles. The number of aromatic nitrogens is 1. The molecule has 1 aliphatic heterocycles. The van der Waals surface area contributed by atoms with Crippen LogP contribution in [-0.4, -0.2) is 35.8 Å². The zero-order valence-electron chi connectivity index (χ0n) is 16.2. The van der Waals surface area contributed by atoms with Crippen LogP contribution in [0.2, 0.25) is 0 Å². The Morgan fingerprint density at radius 1 is 1.21 bits per heavy atom. The van der Waals surface area contributed by atoms with Gasteiger partial charge in [-0.1, -0.05) is 29.5 Å². The number of hydrazone groups is 1. The van der Waals surface area contributed by atoms with Gasteiger partial charge in [-0.15, -0.1) is 0 Å². The number of anilines is 1. The van der Waals surface area contributed by atoms with Gasteiger partial charge in [-0.3, -0.25) is 4.79 Å². The molecule has 7 nitrogen and oxygen atoms in total. The number of carbonyl (C=O) groups excluding carboxylic acids is 2. The maximum Gasteiger partial charge on any atom is 0.350 e. The summed E-state index contributed by atoms with van der Waals surface area (Å²) >= 11 is 1.09. The lowest BCUT2D eigenvalue weighted by Gasteiger charge is -2.08. The first-order chi connectivity index (χ1) is 13.5. The van der Waals surface area contributed by atoms with Gasteiger partial charge in [0.15, 0.2) is 0 Å². The molecule has 0 radical (unpaired) electrons. The molecule has 146 valence electrons. The van der Waals surface area contributed by atoms with Crippen molar-refractivity contribution in [2.45, 2.75) is 27.7 Å². The summed E-state index contributed by atoms with van der Waals surface area (Å²) in [4.78, 5) is 29.7. The molecule has 0 saturated carbocycles. The number of ether oxygens (including phenoxy) is 2. The Labute approximate surface area is 167 Å². The minimum absolute atomic E-state index is 0.275. The lowest BCUT2D eigenvalue weighted by Crippen LogP contribution is -2.21. The SMILES string of the molecule is CCOC(=O)c1sc(N2N=C(C)C(=Cc3ccccc3OCC)C2=O)nc1C. The highest BCUT2D eigenvalue weighted by Crippen LogP contribution is 2.32. The molecule has 1 amide bonds. The molecule has 0 fully saturated rings. The van der Waals surface area contributed by atoms with Crippen molar-refractivity contribution < 1.29 is 19.1 Å². The van der Waals surface area contributed by atoms with Crippen LogP contribution in [0.3, 0.4) is 0 Å². The van der Waals surface area contributed by atoms with Crippen molar-refractivity contribution in [2.75, 3.05) is 18.2 Å². The minimum atomic E-state index is -0.447. The van der Waals surface area contributed by atoms with Gasteiger partial charge in [-0.25, -0.2) is 9.78 Å². The summed E-state index contributed by atoms with van der Waals surface area (Å²) in [5.41, 5.74) is 2.34. The minimum Gasteiger partial charge on any atom is -0.493 e. The molecule has 0 bridgehead atoms. The van der Waals surface area contributed by atoms with Crippen LogP contribution in [0.1, 0.15) is 41.7 Å². The second-order valence-electron chi connectivity index (χ2n) is 5.96. The van der Waals surface area contributed by atoms with E-state index in [1.54, 1.807) is 26.8 Å². The zero-order valence-corrected chi connectivity index (χ0v) is 17.0. The van der Waals surface area contributed by atoms with E-state index in [0.29, 0.717) is 39.3 Å². The number of hydrogen-bond acceptors (Lipinski definition) is 7. The summed E-state index contributed by atoms with van der Waals surface area (Å²) < 4.78 is 10.7. The molecule has 0 atom stereocenters. The molecule has 2 heterocycles. The smallest absolute Gasteiger partial charge is 0.350 e. The van der Waals surface area contributed by atoms with Crippen molar-refractivity contribution in [3.8, 4) is 5.75 Å². The van der Waals surface area contributed by atoms with Crippen LogP contribution in [0.5, 0.6) is 5.75 Å². The van der Waals surface area contributed by atoms with Crippen LogP contribution < -0.4 is 9.75 Å². The summed E-state index contributed by atoms with van der Waals surface area (Å²) in [6.07, 6.45) is 1.76. The summed E-state index contributed by atoms with van der Waals surface area (Å²) in [6.45, 7) is 7.92. The predicted molar refractivity (Wildman–Crippen MR) is 109 cm³/mol. The summed E-state index contributed by atoms with van der Waals surface area (Å²) in [5, 5.41) is 5.91. The summed E-state index contributed by atoms with van der Waals surface area (Å²) in [5.74, 6) is -0.0447. The summed E-state index contributed by atoms with van der Waals surface area (Å²) in [7, 11) is 0. The maximum absolute atomic E-state index is 13.0. The van der Waals surface area contributed by atoms with Gasteiger partial charge in [-0.05, 0) is 39.8 Å². The second-order valence-corrected chi connectivity index (χ2v) is 6.94. The van der Waals surface area contributed by atoms with Crippen LogP contribution in [0, 0.1) is 6.92 Å². The third-order valence-corrected chi connectivity index (χ3v) is 5.12. The number of thiazole rings is 1. The van der Waals surface area contributed by atoms with E-state index in [9.17, 15) is 9.59 Å². The van der Waals surface area contributed by atoms with Crippen LogP contribution in [0.4, 0.5) is 5.13 Å². The Balaban J connectivity index is 1.92. The lowest BCUT2D eigenvalue weighted by molar-refractivity contribution is -0.114. The van der Waals surface area contributed by atoms with Crippen LogP contribution in [-0.2, 0) is 9.53 Å². The maximum atomic E-state index is 13.0. The Hall–Kier alpha value is -3.00. The number of rotatable bonds is 6. The lowest BCUT2D eigenvalue weighted by atomic mass is 10.1. The Kier molecular flexibility index (Phi) is 5.89. The predicted octanol–water partition coefficient (Wildman–Crippen LogP) is 3.83. The third kappa shape index (κ3) is 3.82. The fourth-order valence-corrected chi connectivity index (χ4v) is 3.63. The van der Waals surface area contributed by atoms with Gasteiger partial charge < -0.3 is 9.47 Å². The average molecular weight is 399 g/mol. The largest absolute Gasteiger partial charge is 0.493 e. The van der Waals surface area contributed by atoms with Gasteiger partial charge >= 0.3 is 5.97 Å². The molecule has 1 aliphatic rings. The highest BCUT2D eigenvalue weighted by atomic mass is 32.1. The molecule has 2 aromatic rings. The molecular weight excluding hydrogens is 378 g/mol. The first-order valence-corrected chi connectivity index (χ1v) is 9.76. The van der Waals surface area contributed by atoms with Gasteiger partial charge in [0.2, 0.25) is 5.13 Å². The molecule has 3 rings (SSSR count). The molecular formula is C20H21N3O4S. The number of benzene rings is 1. The molecule has 0 aliphatic carbocycles. The van der Waals surface area contributed by atoms with Crippen molar-refractivity contribution in [3.63, 3.8) is 0 Å². The van der Waals surface area contributed by atoms with Crippen molar-refractivity contribution in [3.05, 3.63) is 46.0 Å². The van der Waals surface area contributed by atoms with Crippen LogP contribution in [0.25, 0.3) is 6.08 Å². The topological polar surface area (TPSA) is 81.1 Å². The Morgan fingerprint density at radius 3 is 2.68 bits per heavy atom. The van der Waals surface area contributed by atoms with Crippen LogP contribution >= 0.6 is 11.3 Å². The van der Waals surface area contributed by atoms with E-state index >= 15 is 0 Å². The molecule has 0 N–H and O–H groups in total. The number of amides is 1. The number of carbonyl (C=O) groups is 2. The van der Waals surface area contributed by atoms with Crippen molar-refractivity contribution >= 4 is 40.1 Å². The normalized spacial score (nSPS) is 15.1. The zero-order chi connectivity index (χ0) is 20.3. The van der Waals surface area contributed by atoms with Crippen molar-refractivity contribution in [2.24, 2.45) is 5.10 Å². The Bertz CT molecular complexity index is 978. The van der Waals surface area contributed by atoms with Crippen molar-refractivity contribution in [1.29, 1.82) is 0 Å². The first kappa shape index (κ1) is 19.8. The number of hydrogen-bond donors (Lipinski definition) is 0. The number of esters is 1. The standard InChI is InChI=1S/C20H21N3O4S/c1-5-26-16-10-8-7-9-14(16)11-15-12(3)22-23(18(15)24)20-21-13(4)17(28-20)19(25)27-6-2/h7-11H,5-6H2,1-4H3. The van der Waals surface area contributed by atoms with Crippen molar-refractivity contribution in [1.82, 2.24) is 4.98 Å². The number of nitrogens with zero attached hydrogens (tertiary/aromatic N) is 3. The number of aryl methyl sites for hydroxylation is 1. The monoisotopic (exact) mass is 399 g/mol. The van der Waals surface area contributed by atoms with Gasteiger partial charge in [0.1, 0.15) is 10.6 Å². The summed E-state index contributed by atoms with van der Waals surface area (Å²) in [6, 6.07) is 7.50. The number of para-hydroxylation sites is 1. The second kappa shape index (κ2) is 8.35. The van der Waals surface area contributed by atoms with Gasteiger partial charge in [0.05, 0.1) is 30.2 Å². The first-order valence-electron chi connectivity index (χ1n) is 8.94. The van der Waals surface area contributed by atoms with E-state index in [0.717, 1.165) is 16.9 Å². The van der Waals surface area contributed by atoms with Crippen LogP contribution in [0.15, 0.2) is 34.9 Å². The molecule has 0 saturated heterocycles. The van der Waals surface area contributed by atoms with Gasteiger partial charge in [0, 0.05) is 5.56 Å². The third-order valence-electron chi connectivity index (χ3n) is 4.01. The molecule has 0 unspecified atom stereocenters. The molecule has 0 spiro atoms. The van der Waals surface area contributed by atoms with E-state index in [1.807, 2.05) is 31.2 Å². The van der Waals surface area contributed by atoms with Gasteiger partial charge in [-0.2, -0.15) is 10.1 Å². The highest BCUT2D eigenvalue weighted by molar-refractivity contribution is 7.17. The highest BCUT2D eigenvalue weighted by Gasteiger charge is 2.32. The fourth-order valence-electron chi connectivity index (χ4n) is 2.71. The quantitative estimate of drug-likeness (QED) is 0.545. The van der Waals surface area contributed by atoms with E-state index < -0.39 is 5.97 Å². The molecule has 28 heavy (non-hydrogen) atoms. The fraction of sp³-hybridized carbons (Fsp3) is 0.300. The van der Waals surface area contributed by atoms with Gasteiger partial charge in [0.25, 0.3) is 5.91 Å². The average Bonchev–Trinajstić information content (AvgIpc) is 3.18. The molecule has 1 aromatic heterocycles. The molecule has 8 heteroatoms. The van der Waals surface area contributed by atoms with E-state index in [4.69, 9.17) is 9.47 Å². The van der Waals surface area contributed by atoms with E-state index in [-0.39, 0.29) is 12.5 Å².